The van der Waals surface area contributed by atoms with Crippen LogP contribution in [0.2, 0.25) is 0 Å². The molecule has 0 radical (unpaired) electrons. The van der Waals surface area contributed by atoms with Gasteiger partial charge in [-0.25, -0.2) is 18.2 Å². The molecular formula is C19H28N4O4S. The molecule has 8 nitrogen and oxygen atoms in total. The van der Waals surface area contributed by atoms with Crippen LogP contribution >= 0.6 is 0 Å². The predicted octanol–water partition coefficient (Wildman–Crippen LogP) is 1.87. The van der Waals surface area contributed by atoms with Crippen LogP contribution in [0.4, 0.5) is 10.6 Å². The molecule has 28 heavy (non-hydrogen) atoms. The van der Waals surface area contributed by atoms with Crippen molar-refractivity contribution in [1.29, 1.82) is 0 Å². The van der Waals surface area contributed by atoms with E-state index in [1.54, 1.807) is 23.2 Å². The minimum atomic E-state index is -3.54. The van der Waals surface area contributed by atoms with Crippen LogP contribution in [0.1, 0.15) is 38.3 Å². The number of carbonyl (C=O) groups excluding carboxylic acids is 1. The molecule has 3 rings (SSSR count). The van der Waals surface area contributed by atoms with Gasteiger partial charge in [-0.3, -0.25) is 0 Å². The average Bonchev–Trinajstić information content (AvgIpc) is 2.87. The van der Waals surface area contributed by atoms with E-state index in [4.69, 9.17) is 10.5 Å². The Balaban J connectivity index is 1.69. The van der Waals surface area contributed by atoms with Gasteiger partial charge in [0.25, 0.3) is 0 Å². The Morgan fingerprint density at radius 1 is 1.25 bits per heavy atom. The van der Waals surface area contributed by atoms with E-state index < -0.39 is 27.0 Å². The number of hydrogen-bond donors (Lipinski definition) is 1. The van der Waals surface area contributed by atoms with Crippen LogP contribution in [0.15, 0.2) is 18.3 Å². The maximum atomic E-state index is 13.2. The molecule has 1 amide bonds. The summed E-state index contributed by atoms with van der Waals surface area (Å²) in [5.41, 5.74) is 6.97. The first kappa shape index (κ1) is 20.6. The second kappa shape index (κ2) is 7.71. The van der Waals surface area contributed by atoms with E-state index in [9.17, 15) is 13.2 Å². The third-order valence-electron chi connectivity index (χ3n) is 4.86. The minimum Gasteiger partial charge on any atom is -0.444 e. The lowest BCUT2D eigenvalue weighted by atomic mass is 9.98. The van der Waals surface area contributed by atoms with Crippen molar-refractivity contribution in [3.63, 3.8) is 0 Å². The topological polar surface area (TPSA) is 106 Å². The molecule has 2 heterocycles. The predicted molar refractivity (Wildman–Crippen MR) is 108 cm³/mol. The second-order valence-electron chi connectivity index (χ2n) is 8.14. The van der Waals surface area contributed by atoms with E-state index in [2.05, 4.69) is 4.98 Å². The normalized spacial score (nSPS) is 21.1. The number of nitrogens with zero attached hydrogens (tertiary/aromatic N) is 3. The summed E-state index contributed by atoms with van der Waals surface area (Å²) in [7, 11) is -3.54. The summed E-state index contributed by atoms with van der Waals surface area (Å²) in [5.74, 6) is 0.410. The van der Waals surface area contributed by atoms with E-state index in [0.29, 0.717) is 38.3 Å². The first-order valence-corrected chi connectivity index (χ1v) is 11.0. The molecule has 1 aliphatic heterocycles. The number of rotatable bonds is 2. The van der Waals surface area contributed by atoms with Crippen molar-refractivity contribution in [3.8, 4) is 0 Å². The molecule has 0 spiro atoms. The standard InChI is InChI=1S/C19H28N4O4S/c1-19(2,3)27-18(24)22-9-4-10-23(12-11-22)28(25,26)15-5-6-16-14(13-15)7-8-21-17(16)20/h5-8,15H,4,9-13H2,1-3H3,(H2,20,21). The summed E-state index contributed by atoms with van der Waals surface area (Å²) in [6, 6.07) is 1.81. The number of carbonyl (C=O) groups is 1. The van der Waals surface area contributed by atoms with E-state index in [-0.39, 0.29) is 6.54 Å². The highest BCUT2D eigenvalue weighted by Gasteiger charge is 2.35. The Hall–Kier alpha value is -2.13. The van der Waals surface area contributed by atoms with E-state index >= 15 is 0 Å². The molecule has 9 heteroatoms. The Labute approximate surface area is 166 Å². The third-order valence-corrected chi connectivity index (χ3v) is 7.03. The molecule has 154 valence electrons. The van der Waals surface area contributed by atoms with Gasteiger partial charge in [-0.15, -0.1) is 0 Å². The number of pyridine rings is 1. The van der Waals surface area contributed by atoms with Gasteiger partial charge >= 0.3 is 6.09 Å². The Kier molecular flexibility index (Phi) is 5.67. The Bertz CT molecular complexity index is 876. The number of aromatic nitrogens is 1. The van der Waals surface area contributed by atoms with Gasteiger partial charge in [-0.2, -0.15) is 4.31 Å². The first-order valence-electron chi connectivity index (χ1n) is 9.46. The van der Waals surface area contributed by atoms with Gasteiger partial charge in [0.1, 0.15) is 11.4 Å². The van der Waals surface area contributed by atoms with Crippen molar-refractivity contribution >= 4 is 28.0 Å². The van der Waals surface area contributed by atoms with Gasteiger partial charge < -0.3 is 15.4 Å². The van der Waals surface area contributed by atoms with Gasteiger partial charge in [0.15, 0.2) is 0 Å². The average molecular weight is 409 g/mol. The summed E-state index contributed by atoms with van der Waals surface area (Å²) in [4.78, 5) is 17.9. The molecular weight excluding hydrogens is 380 g/mol. The number of sulfonamides is 1. The fourth-order valence-electron chi connectivity index (χ4n) is 3.44. The first-order chi connectivity index (χ1) is 13.1. The summed E-state index contributed by atoms with van der Waals surface area (Å²) in [6.07, 6.45) is 5.57. The van der Waals surface area contributed by atoms with E-state index in [0.717, 1.165) is 11.1 Å². The number of nitrogens with two attached hydrogens (primary N) is 1. The monoisotopic (exact) mass is 408 g/mol. The van der Waals surface area contributed by atoms with Gasteiger partial charge in [0.05, 0.1) is 5.25 Å². The highest BCUT2D eigenvalue weighted by molar-refractivity contribution is 7.89. The van der Waals surface area contributed by atoms with Gasteiger partial charge in [-0.1, -0.05) is 12.2 Å². The highest BCUT2D eigenvalue weighted by atomic mass is 32.2. The van der Waals surface area contributed by atoms with E-state index in [1.807, 2.05) is 26.8 Å². The Morgan fingerprint density at radius 3 is 2.71 bits per heavy atom. The van der Waals surface area contributed by atoms with Crippen LogP contribution in [0.25, 0.3) is 6.08 Å². The second-order valence-corrected chi connectivity index (χ2v) is 10.3. The zero-order valence-corrected chi connectivity index (χ0v) is 17.4. The summed E-state index contributed by atoms with van der Waals surface area (Å²) >= 11 is 0. The highest BCUT2D eigenvalue weighted by Crippen LogP contribution is 2.28. The Morgan fingerprint density at radius 2 is 2.00 bits per heavy atom. The molecule has 1 saturated heterocycles. The lowest BCUT2D eigenvalue weighted by Crippen LogP contribution is -2.43. The van der Waals surface area contributed by atoms with Gasteiger partial charge in [0.2, 0.25) is 10.0 Å². The fourth-order valence-corrected chi connectivity index (χ4v) is 5.21. The van der Waals surface area contributed by atoms with Crippen molar-refractivity contribution in [3.05, 3.63) is 29.5 Å². The van der Waals surface area contributed by atoms with Gasteiger partial charge in [0, 0.05) is 37.9 Å². The zero-order valence-electron chi connectivity index (χ0n) is 16.6. The number of fused-ring (bicyclic) bond motifs is 1. The molecule has 1 aliphatic carbocycles. The molecule has 0 saturated carbocycles. The molecule has 2 aliphatic rings. The van der Waals surface area contributed by atoms with Crippen molar-refractivity contribution in [1.82, 2.24) is 14.2 Å². The van der Waals surface area contributed by atoms with Crippen LogP contribution in [0.3, 0.4) is 0 Å². The largest absolute Gasteiger partial charge is 0.444 e. The van der Waals surface area contributed by atoms with Crippen LogP contribution in [-0.4, -0.2) is 65.7 Å². The summed E-state index contributed by atoms with van der Waals surface area (Å²) < 4.78 is 33.3. The van der Waals surface area contributed by atoms with Crippen molar-refractivity contribution in [2.45, 2.75) is 44.5 Å². The fraction of sp³-hybridized carbons (Fsp3) is 0.579. The SMILES string of the molecule is CC(C)(C)OC(=O)N1CCCN(S(=O)(=O)C2C=Cc3c(ccnc3N)C2)CC1. The number of anilines is 1. The van der Waals surface area contributed by atoms with Crippen LogP contribution in [0, 0.1) is 0 Å². The number of hydrogen-bond acceptors (Lipinski definition) is 6. The van der Waals surface area contributed by atoms with Gasteiger partial charge in [-0.05, 0) is 45.2 Å². The molecule has 1 aromatic heterocycles. The van der Waals surface area contributed by atoms with Crippen LogP contribution < -0.4 is 5.73 Å². The minimum absolute atomic E-state index is 0.261. The zero-order chi connectivity index (χ0) is 20.5. The quantitative estimate of drug-likeness (QED) is 0.801. The summed E-state index contributed by atoms with van der Waals surface area (Å²) in [6.45, 7) is 6.89. The lowest BCUT2D eigenvalue weighted by Gasteiger charge is -2.28. The van der Waals surface area contributed by atoms with Crippen molar-refractivity contribution < 1.29 is 17.9 Å². The number of ether oxygens (including phenoxy) is 1. The molecule has 1 atom stereocenters. The van der Waals surface area contributed by atoms with Crippen LogP contribution in [-0.2, 0) is 21.2 Å². The molecule has 2 N–H and O–H groups in total. The van der Waals surface area contributed by atoms with E-state index in [1.165, 1.54) is 4.31 Å². The molecule has 0 aromatic carbocycles. The van der Waals surface area contributed by atoms with Crippen molar-refractivity contribution in [2.75, 3.05) is 31.9 Å². The lowest BCUT2D eigenvalue weighted by molar-refractivity contribution is 0.0260. The maximum Gasteiger partial charge on any atom is 0.410 e. The molecule has 0 bridgehead atoms. The maximum absolute atomic E-state index is 13.2. The third kappa shape index (κ3) is 4.47. The number of amides is 1. The summed E-state index contributed by atoms with van der Waals surface area (Å²) in [5, 5.41) is -0.644. The molecule has 1 fully saturated rings. The molecule has 1 aromatic rings. The number of nitrogen functional groups attached to an aromatic ring is 1. The molecule has 1 unspecified atom stereocenters. The smallest absolute Gasteiger partial charge is 0.410 e. The van der Waals surface area contributed by atoms with Crippen LogP contribution in [0.5, 0.6) is 0 Å². The van der Waals surface area contributed by atoms with Crippen molar-refractivity contribution in [2.24, 2.45) is 0 Å².